The van der Waals surface area contributed by atoms with Gasteiger partial charge in [0.1, 0.15) is 73.2 Å². The average Bonchev–Trinajstić information content (AvgIpc) is 3.41. The molecule has 0 aromatic rings. The molecule has 0 radical (unpaired) electrons. The van der Waals surface area contributed by atoms with Gasteiger partial charge in [-0.15, -0.1) is 0 Å². The monoisotopic (exact) mass is 1090 g/mol. The quantitative estimate of drug-likeness (QED) is 0.0289. The summed E-state index contributed by atoms with van der Waals surface area (Å²) in [7, 11) is 0. The molecule has 17 unspecified atom stereocenters. The molecular formula is C57H105NO18. The van der Waals surface area contributed by atoms with Crippen molar-refractivity contribution in [1.29, 1.82) is 0 Å². The van der Waals surface area contributed by atoms with Gasteiger partial charge in [-0.1, -0.05) is 173 Å². The highest BCUT2D eigenvalue weighted by Gasteiger charge is 2.53. The molecule has 1 amide bonds. The number of hydrogen-bond acceptors (Lipinski definition) is 18. The molecule has 17 atom stereocenters. The minimum absolute atomic E-state index is 0.235. The second-order valence-electron chi connectivity index (χ2n) is 21.5. The van der Waals surface area contributed by atoms with E-state index in [0.717, 1.165) is 64.2 Å². The van der Waals surface area contributed by atoms with Crippen LogP contribution >= 0.6 is 0 Å². The average molecular weight is 1090 g/mol. The Hall–Kier alpha value is -1.73. The minimum atomic E-state index is -1.98. The van der Waals surface area contributed by atoms with Crippen molar-refractivity contribution in [2.75, 3.05) is 26.4 Å². The van der Waals surface area contributed by atoms with E-state index in [1.54, 1.807) is 6.08 Å². The van der Waals surface area contributed by atoms with Crippen LogP contribution in [0, 0.1) is 0 Å². The second-order valence-corrected chi connectivity index (χ2v) is 21.5. The SMILES string of the molecule is CCCCCCCC/C=C\CCCCCCCC(=O)NC(COC1OC(CO)C(OC2OC(CO)C(OC3OC(CO)C(O)C(O)C3O)C(O)C2O)C(O)C1O)C(O)/C=C/CCCCCCCCCCCCCCCC. The van der Waals surface area contributed by atoms with E-state index in [9.17, 15) is 61.0 Å². The maximum absolute atomic E-state index is 13.3. The first-order chi connectivity index (χ1) is 36.8. The van der Waals surface area contributed by atoms with Gasteiger partial charge in [0.25, 0.3) is 0 Å². The fraction of sp³-hybridized carbons (Fsp3) is 0.912. The van der Waals surface area contributed by atoms with Gasteiger partial charge in [0.15, 0.2) is 18.9 Å². The molecule has 0 saturated carbocycles. The molecule has 0 aromatic heterocycles. The molecule has 19 heteroatoms. The summed E-state index contributed by atoms with van der Waals surface area (Å²) in [5.74, 6) is -0.285. The molecule has 19 nitrogen and oxygen atoms in total. The molecule has 3 rings (SSSR count). The van der Waals surface area contributed by atoms with Crippen molar-refractivity contribution >= 4 is 5.91 Å². The molecule has 0 spiro atoms. The van der Waals surface area contributed by atoms with Crippen molar-refractivity contribution in [3.8, 4) is 0 Å². The number of ether oxygens (including phenoxy) is 6. The van der Waals surface area contributed by atoms with Crippen LogP contribution < -0.4 is 5.32 Å². The highest BCUT2D eigenvalue weighted by atomic mass is 16.8. The number of aliphatic hydroxyl groups is 11. The number of hydrogen-bond donors (Lipinski definition) is 12. The van der Waals surface area contributed by atoms with Crippen molar-refractivity contribution < 1.29 is 89.4 Å². The largest absolute Gasteiger partial charge is 0.394 e. The van der Waals surface area contributed by atoms with E-state index in [1.165, 1.54) is 109 Å². The highest BCUT2D eigenvalue weighted by Crippen LogP contribution is 2.33. The number of nitrogens with one attached hydrogen (secondary N) is 1. The Morgan fingerprint density at radius 3 is 1.28 bits per heavy atom. The number of unbranched alkanes of at least 4 members (excludes halogenated alkanes) is 25. The second kappa shape index (κ2) is 41.3. The first kappa shape index (κ1) is 68.5. The highest BCUT2D eigenvalue weighted by molar-refractivity contribution is 5.76. The van der Waals surface area contributed by atoms with Crippen LogP contribution in [0.25, 0.3) is 0 Å². The normalized spacial score (nSPS) is 31.1. The fourth-order valence-corrected chi connectivity index (χ4v) is 10.1. The number of rotatable bonds is 43. The minimum Gasteiger partial charge on any atom is -0.394 e. The summed E-state index contributed by atoms with van der Waals surface area (Å²) in [6.07, 6.45) is 14.4. The van der Waals surface area contributed by atoms with E-state index in [0.29, 0.717) is 6.42 Å². The third-order valence-electron chi connectivity index (χ3n) is 15.0. The van der Waals surface area contributed by atoms with Gasteiger partial charge < -0.3 is 89.9 Å². The summed E-state index contributed by atoms with van der Waals surface area (Å²) in [6.45, 7) is 1.70. The standard InChI is InChI=1S/C57H105NO18/c1-3-5-7-9-11-13-15-17-19-21-22-24-26-28-30-32-34-41(62)40(58-45(63)35-33-31-29-27-25-23-20-18-16-14-12-10-8-6-4-2)39-71-55-51(69)48(66)53(43(37-60)73-55)76-57-52(70)49(67)54(44(38-61)74-57)75-56-50(68)47(65)46(64)42(36-59)72-56/h18,20,32,34,40-44,46-57,59-62,64-70H,3-17,19,21-31,33,35-39H2,1-2H3,(H,58,63)/b20-18-,34-32+. The predicted molar refractivity (Wildman–Crippen MR) is 286 cm³/mol. The zero-order chi connectivity index (χ0) is 55.5. The van der Waals surface area contributed by atoms with Crippen LogP contribution in [-0.2, 0) is 33.2 Å². The zero-order valence-electron chi connectivity index (χ0n) is 46.2. The van der Waals surface area contributed by atoms with E-state index in [1.807, 2.05) is 6.08 Å². The van der Waals surface area contributed by atoms with Gasteiger partial charge in [0.2, 0.25) is 5.91 Å². The number of amides is 1. The first-order valence-corrected chi connectivity index (χ1v) is 29.6. The summed E-state index contributed by atoms with van der Waals surface area (Å²) >= 11 is 0. The molecule has 0 aromatic carbocycles. The summed E-state index contributed by atoms with van der Waals surface area (Å²) in [4.78, 5) is 13.3. The summed E-state index contributed by atoms with van der Waals surface area (Å²) in [6, 6.07) is -0.974. The third-order valence-corrected chi connectivity index (χ3v) is 15.0. The molecule has 3 fully saturated rings. The van der Waals surface area contributed by atoms with E-state index in [2.05, 4.69) is 31.3 Å². The van der Waals surface area contributed by atoms with E-state index >= 15 is 0 Å². The van der Waals surface area contributed by atoms with Gasteiger partial charge in [-0.2, -0.15) is 0 Å². The molecule has 3 aliphatic heterocycles. The fourth-order valence-electron chi connectivity index (χ4n) is 10.1. The Balaban J connectivity index is 1.52. The smallest absolute Gasteiger partial charge is 0.220 e. The van der Waals surface area contributed by atoms with Crippen LogP contribution in [-0.4, -0.2) is 193 Å². The van der Waals surface area contributed by atoms with Crippen LogP contribution in [0.5, 0.6) is 0 Å². The van der Waals surface area contributed by atoms with E-state index in [-0.39, 0.29) is 18.9 Å². The molecule has 3 aliphatic rings. The molecule has 0 bridgehead atoms. The lowest BCUT2D eigenvalue weighted by Crippen LogP contribution is -2.66. The number of carbonyl (C=O) groups is 1. The molecule has 446 valence electrons. The zero-order valence-corrected chi connectivity index (χ0v) is 46.2. The molecule has 76 heavy (non-hydrogen) atoms. The summed E-state index contributed by atoms with van der Waals surface area (Å²) in [5.41, 5.74) is 0. The lowest BCUT2D eigenvalue weighted by atomic mass is 9.96. The van der Waals surface area contributed by atoms with E-state index in [4.69, 9.17) is 28.4 Å². The summed E-state index contributed by atoms with van der Waals surface area (Å²) in [5, 5.41) is 120. The number of allylic oxidation sites excluding steroid dienone is 3. The van der Waals surface area contributed by atoms with Crippen LogP contribution in [0.15, 0.2) is 24.3 Å². The summed E-state index contributed by atoms with van der Waals surface area (Å²) < 4.78 is 34.2. The number of carbonyl (C=O) groups excluding carboxylic acids is 1. The molecule has 3 heterocycles. The van der Waals surface area contributed by atoms with Crippen LogP contribution in [0.1, 0.15) is 200 Å². The Labute approximate surface area is 454 Å². The van der Waals surface area contributed by atoms with Gasteiger partial charge >= 0.3 is 0 Å². The van der Waals surface area contributed by atoms with Gasteiger partial charge in [-0.3, -0.25) is 4.79 Å². The molecule has 0 aliphatic carbocycles. The number of aliphatic hydroxyl groups excluding tert-OH is 11. The Morgan fingerprint density at radius 1 is 0.461 bits per heavy atom. The van der Waals surface area contributed by atoms with Crippen molar-refractivity contribution in [3.63, 3.8) is 0 Å². The van der Waals surface area contributed by atoms with Crippen LogP contribution in [0.3, 0.4) is 0 Å². The molecular weight excluding hydrogens is 987 g/mol. The Kier molecular flexibility index (Phi) is 37.2. The maximum Gasteiger partial charge on any atom is 0.220 e. The maximum atomic E-state index is 13.3. The molecule has 3 saturated heterocycles. The van der Waals surface area contributed by atoms with Gasteiger partial charge in [-0.05, 0) is 44.9 Å². The molecule has 12 N–H and O–H groups in total. The van der Waals surface area contributed by atoms with Crippen LogP contribution in [0.2, 0.25) is 0 Å². The van der Waals surface area contributed by atoms with Crippen molar-refractivity contribution in [2.24, 2.45) is 0 Å². The Bertz CT molecular complexity index is 1490. The predicted octanol–water partition coefficient (Wildman–Crippen LogP) is 4.76. The van der Waals surface area contributed by atoms with Crippen molar-refractivity contribution in [1.82, 2.24) is 5.32 Å². The van der Waals surface area contributed by atoms with Crippen LogP contribution in [0.4, 0.5) is 0 Å². The van der Waals surface area contributed by atoms with Gasteiger partial charge in [-0.25, -0.2) is 0 Å². The van der Waals surface area contributed by atoms with E-state index < -0.39 is 124 Å². The lowest BCUT2D eigenvalue weighted by molar-refractivity contribution is -0.379. The Morgan fingerprint density at radius 2 is 0.829 bits per heavy atom. The van der Waals surface area contributed by atoms with Gasteiger partial charge in [0.05, 0.1) is 38.6 Å². The topological polar surface area (TPSA) is 307 Å². The van der Waals surface area contributed by atoms with Crippen molar-refractivity contribution in [3.05, 3.63) is 24.3 Å². The lowest BCUT2D eigenvalue weighted by Gasteiger charge is -2.48. The first-order valence-electron chi connectivity index (χ1n) is 29.6. The van der Waals surface area contributed by atoms with Crippen molar-refractivity contribution in [2.45, 2.75) is 304 Å². The third kappa shape index (κ3) is 25.4. The van der Waals surface area contributed by atoms with Gasteiger partial charge in [0, 0.05) is 6.42 Å².